The summed E-state index contributed by atoms with van der Waals surface area (Å²) in [5.41, 5.74) is 17.7. The third-order valence-electron chi connectivity index (χ3n) is 17.8. The molecule has 16 atom stereocenters. The van der Waals surface area contributed by atoms with Crippen molar-refractivity contribution in [2.24, 2.45) is 29.0 Å². The lowest BCUT2D eigenvalue weighted by atomic mass is 10.0. The highest BCUT2D eigenvalue weighted by Crippen LogP contribution is 2.16. The molecular formula is C74H113N17O27. The van der Waals surface area contributed by atoms with Crippen molar-refractivity contribution in [3.05, 3.63) is 65.7 Å². The number of aromatic hydroxyl groups is 1. The number of phenolic OH excluding ortho intramolecular Hbond substituents is 1. The van der Waals surface area contributed by atoms with Crippen molar-refractivity contribution in [3.8, 4) is 5.75 Å². The molecule has 0 fully saturated rings. The maximum atomic E-state index is 14.6. The van der Waals surface area contributed by atoms with E-state index >= 15 is 0 Å². The minimum Gasteiger partial charge on any atom is -0.508 e. The fourth-order valence-corrected chi connectivity index (χ4v) is 11.2. The van der Waals surface area contributed by atoms with Gasteiger partial charge in [0.2, 0.25) is 88.6 Å². The number of carboxylic acid groups (broad SMARTS) is 4. The SMILES string of the molecule is CCCC[C@H](NC(=O)[C@H](Cc1ccccc1)NC(=O)CNC(=O)[C@@H](NC(=O)[C@H](CC(=O)O)NC(=O)[C@H](C)NC(=O)[C@H](CC(C)C)NC(=O)[C@@H](N)[C@@H](C)O)C(C)C)C(=O)N[C@@H](CCCCN)C(=O)N[C@@H](CCC(N)=O)C(=O)N[C@@H](Cc1ccc(O)cc1)C(=O)N[C@@H](CC(=O)O)C(=O)N[C@@H](CC(=O)O)C(=O)N[C@@H](CO)C(=O)N[C@H](C(=O)O)[C@@H](C)O. The number of benzene rings is 2. The smallest absolute Gasteiger partial charge is 0.328 e. The summed E-state index contributed by atoms with van der Waals surface area (Å²) in [6.07, 6.45) is -7.83. The number of hydrogen-bond acceptors (Lipinski definition) is 25. The molecule has 44 heteroatoms. The van der Waals surface area contributed by atoms with Crippen LogP contribution in [0.3, 0.4) is 0 Å². The molecule has 15 amide bonds. The summed E-state index contributed by atoms with van der Waals surface area (Å²) in [7, 11) is 0. The van der Waals surface area contributed by atoms with E-state index in [-0.39, 0.29) is 68.7 Å². The molecule has 0 aliphatic heterocycles. The van der Waals surface area contributed by atoms with E-state index in [2.05, 4.69) is 58.5 Å². The van der Waals surface area contributed by atoms with Gasteiger partial charge in [-0.1, -0.05) is 89.9 Å². The lowest BCUT2D eigenvalue weighted by molar-refractivity contribution is -0.146. The van der Waals surface area contributed by atoms with E-state index in [0.29, 0.717) is 12.0 Å². The number of aliphatic hydroxyl groups excluding tert-OH is 3. The lowest BCUT2D eigenvalue weighted by Crippen LogP contribution is -2.61. The van der Waals surface area contributed by atoms with E-state index in [0.717, 1.165) is 6.92 Å². The highest BCUT2D eigenvalue weighted by molar-refractivity contribution is 6.02. The Morgan fingerprint density at radius 3 is 1.23 bits per heavy atom. The number of amides is 15. The summed E-state index contributed by atoms with van der Waals surface area (Å²) in [4.78, 5) is 255. The zero-order valence-corrected chi connectivity index (χ0v) is 66.7. The van der Waals surface area contributed by atoms with Crippen LogP contribution in [0.2, 0.25) is 0 Å². The Labute approximate surface area is 678 Å². The van der Waals surface area contributed by atoms with Crippen LogP contribution in [0.25, 0.3) is 0 Å². The van der Waals surface area contributed by atoms with Gasteiger partial charge in [0.05, 0.1) is 44.6 Å². The summed E-state index contributed by atoms with van der Waals surface area (Å²) in [6.45, 7) is 9.62. The summed E-state index contributed by atoms with van der Waals surface area (Å²) in [5, 5.41) is 111. The molecule has 0 aromatic heterocycles. The van der Waals surface area contributed by atoms with Crippen LogP contribution in [-0.4, -0.2) is 270 Å². The number of aliphatic carboxylic acids is 4. The molecule has 2 aromatic rings. The molecule has 28 N–H and O–H groups in total. The molecule has 0 heterocycles. The number of carbonyl (C=O) groups excluding carboxylic acids is 15. The molecule has 44 nitrogen and oxygen atoms in total. The van der Waals surface area contributed by atoms with Gasteiger partial charge in [-0.25, -0.2) is 4.79 Å². The van der Waals surface area contributed by atoms with Crippen LogP contribution in [0, 0.1) is 11.8 Å². The molecule has 2 rings (SSSR count). The second-order valence-corrected chi connectivity index (χ2v) is 28.8. The fraction of sp³-hybridized carbons (Fsp3) is 0.581. The normalized spacial score (nSPS) is 15.2. The quantitative estimate of drug-likeness (QED) is 0.0274. The molecule has 2 aromatic carbocycles. The average molecular weight is 1670 g/mol. The third-order valence-corrected chi connectivity index (χ3v) is 17.8. The Kier molecular flexibility index (Phi) is 44.8. The highest BCUT2D eigenvalue weighted by atomic mass is 16.4. The monoisotopic (exact) mass is 1670 g/mol. The van der Waals surface area contributed by atoms with Gasteiger partial charge in [0, 0.05) is 19.3 Å². The second kappa shape index (κ2) is 51.8. The highest BCUT2D eigenvalue weighted by Gasteiger charge is 2.39. The van der Waals surface area contributed by atoms with Crippen LogP contribution in [0.1, 0.15) is 144 Å². The van der Waals surface area contributed by atoms with Gasteiger partial charge in [0.1, 0.15) is 84.3 Å². The van der Waals surface area contributed by atoms with Crippen molar-refractivity contribution >= 4 is 112 Å². The zero-order valence-electron chi connectivity index (χ0n) is 66.7. The van der Waals surface area contributed by atoms with Crippen LogP contribution >= 0.6 is 0 Å². The topological polar surface area (TPSA) is 733 Å². The molecule has 0 spiro atoms. The number of hydrogen-bond donors (Lipinski definition) is 25. The first kappa shape index (κ1) is 102. The molecule has 0 bridgehead atoms. The number of carbonyl (C=O) groups is 19. The first-order valence-electron chi connectivity index (χ1n) is 38.0. The van der Waals surface area contributed by atoms with Gasteiger partial charge in [-0.15, -0.1) is 0 Å². The number of rotatable bonds is 55. The van der Waals surface area contributed by atoms with Crippen molar-refractivity contribution in [2.45, 2.75) is 242 Å². The Morgan fingerprint density at radius 1 is 0.407 bits per heavy atom. The predicted octanol–water partition coefficient (Wildman–Crippen LogP) is -7.51. The van der Waals surface area contributed by atoms with Gasteiger partial charge in [-0.2, -0.15) is 0 Å². The number of nitrogens with one attached hydrogen (secondary N) is 14. The number of aliphatic hydroxyl groups is 3. The third kappa shape index (κ3) is 37.7. The van der Waals surface area contributed by atoms with Gasteiger partial charge in [0.25, 0.3) is 0 Å². The Bertz CT molecular complexity index is 3790. The average Bonchev–Trinajstić information content (AvgIpc) is 0.853. The Balaban J connectivity index is 2.53. The minimum absolute atomic E-state index is 0.0607. The number of phenols is 1. The Hall–Kier alpha value is -12.0. The molecule has 656 valence electrons. The van der Waals surface area contributed by atoms with Crippen molar-refractivity contribution in [1.82, 2.24) is 74.4 Å². The molecule has 0 unspecified atom stereocenters. The van der Waals surface area contributed by atoms with Gasteiger partial charge >= 0.3 is 23.9 Å². The first-order valence-corrected chi connectivity index (χ1v) is 38.0. The maximum absolute atomic E-state index is 14.6. The Morgan fingerprint density at radius 2 is 0.797 bits per heavy atom. The van der Waals surface area contributed by atoms with Crippen LogP contribution < -0.4 is 91.6 Å². The fourth-order valence-electron chi connectivity index (χ4n) is 11.2. The van der Waals surface area contributed by atoms with Crippen molar-refractivity contribution in [2.75, 3.05) is 19.7 Å². The number of nitrogens with two attached hydrogens (primary N) is 3. The van der Waals surface area contributed by atoms with Gasteiger partial charge in [-0.3, -0.25) is 86.3 Å². The molecular weight excluding hydrogens is 1560 g/mol. The van der Waals surface area contributed by atoms with E-state index in [1.807, 2.05) is 16.0 Å². The number of unbranched alkanes of at least 4 members (excludes halogenated alkanes) is 2. The van der Waals surface area contributed by atoms with Gasteiger partial charge in [-0.05, 0) is 101 Å². The van der Waals surface area contributed by atoms with E-state index in [1.165, 1.54) is 52.0 Å². The van der Waals surface area contributed by atoms with Crippen molar-refractivity contribution in [1.29, 1.82) is 0 Å². The van der Waals surface area contributed by atoms with E-state index in [4.69, 9.17) is 17.2 Å². The summed E-state index contributed by atoms with van der Waals surface area (Å²) in [5.74, 6) is -25.2. The van der Waals surface area contributed by atoms with Crippen LogP contribution in [0.15, 0.2) is 54.6 Å². The number of carboxylic acids is 4. The molecule has 0 aliphatic carbocycles. The van der Waals surface area contributed by atoms with Crippen LogP contribution in [-0.2, 0) is 104 Å². The van der Waals surface area contributed by atoms with Crippen molar-refractivity contribution in [3.63, 3.8) is 0 Å². The van der Waals surface area contributed by atoms with Crippen LogP contribution in [0.5, 0.6) is 5.75 Å². The molecule has 0 saturated heterocycles. The van der Waals surface area contributed by atoms with E-state index in [1.54, 1.807) is 51.1 Å². The van der Waals surface area contributed by atoms with E-state index in [9.17, 15) is 132 Å². The molecule has 0 radical (unpaired) electrons. The first-order chi connectivity index (χ1) is 55.3. The van der Waals surface area contributed by atoms with E-state index < -0.39 is 267 Å². The largest absolute Gasteiger partial charge is 0.508 e. The summed E-state index contributed by atoms with van der Waals surface area (Å²) in [6, 6.07) is -11.3. The summed E-state index contributed by atoms with van der Waals surface area (Å²) < 4.78 is 0. The molecule has 0 saturated carbocycles. The minimum atomic E-state index is -2.25. The maximum Gasteiger partial charge on any atom is 0.328 e. The molecule has 0 aliphatic rings. The summed E-state index contributed by atoms with van der Waals surface area (Å²) >= 11 is 0. The zero-order chi connectivity index (χ0) is 89.4. The molecule has 118 heavy (non-hydrogen) atoms. The standard InChI is InChI=1S/C74H113N17O27/c1-9-10-18-43(82-66(109)47(28-40-16-12-11-13-17-40)80-54(97)33-78-73(116)59(36(4)5)90-70(113)51(32-57(102)103)84-61(104)37(6)79-65(108)46(27-35(2)3)88-72(115)58(77)38(7)93)62(105)81-44(19-14-15-26-75)63(106)83-45(24-25-53(76)96)64(107)85-48(29-41-20-22-42(95)23-21-41)67(110)86-49(30-55(98)99)68(111)87-50(31-56(100)101)69(112)89-52(34-92)71(114)91-60(39(8)94)74(117)118/h11-13,16-17,20-23,35-39,43-52,58-60,92-95H,9-10,14-15,18-19,24-34,75,77H2,1-8H3,(H2,76,96)(H,78,116)(H,79,108)(H,80,97)(H,81,105)(H,82,109)(H,83,106)(H,84,104)(H,85,107)(H,86,110)(H,87,111)(H,88,115)(H,89,112)(H,90,113)(H,91,114)(H,98,99)(H,100,101)(H,102,103)(H,117,118)/t37-,38+,39+,43-,44-,45-,46-,47-,48-,49-,50-,51-,52-,58-,59-,60-/m0/s1. The van der Waals surface area contributed by atoms with Gasteiger partial charge < -0.3 is 132 Å². The second-order valence-electron chi connectivity index (χ2n) is 28.8. The number of primary amides is 1. The van der Waals surface area contributed by atoms with Crippen molar-refractivity contribution < 1.29 is 132 Å². The van der Waals surface area contributed by atoms with Gasteiger partial charge in [0.15, 0.2) is 6.04 Å². The lowest BCUT2D eigenvalue weighted by Gasteiger charge is -2.28. The van der Waals surface area contributed by atoms with Crippen LogP contribution in [0.4, 0.5) is 0 Å². The predicted molar refractivity (Wildman–Crippen MR) is 414 cm³/mol.